The van der Waals surface area contributed by atoms with Gasteiger partial charge in [-0.05, 0) is 62.1 Å². The third-order valence-corrected chi connectivity index (χ3v) is 8.54. The molecule has 0 fully saturated rings. The van der Waals surface area contributed by atoms with Crippen molar-refractivity contribution in [2.24, 2.45) is 0 Å². The van der Waals surface area contributed by atoms with Gasteiger partial charge in [0.15, 0.2) is 0 Å². The Balaban J connectivity index is 2.02. The number of hydrogen-bond donors (Lipinski definition) is 1. The van der Waals surface area contributed by atoms with E-state index in [2.05, 4.69) is 5.32 Å². The van der Waals surface area contributed by atoms with Gasteiger partial charge in [0, 0.05) is 13.1 Å². The van der Waals surface area contributed by atoms with Gasteiger partial charge in [0.2, 0.25) is 11.8 Å². The molecule has 3 aromatic carbocycles. The van der Waals surface area contributed by atoms with Crippen molar-refractivity contribution >= 4 is 27.5 Å². The van der Waals surface area contributed by atoms with Crippen LogP contribution in [-0.2, 0) is 26.2 Å². The fraction of sp³-hybridized carbons (Fsp3) is 0.355. The number of nitrogens with one attached hydrogen (secondary N) is 1. The summed E-state index contributed by atoms with van der Waals surface area (Å²) in [4.78, 5) is 28.9. The first-order valence-corrected chi connectivity index (χ1v) is 14.9. The lowest BCUT2D eigenvalue weighted by molar-refractivity contribution is -0.140. The maximum Gasteiger partial charge on any atom is 0.264 e. The standard InChI is InChI=1S/C31H39N3O4S/c1-5-7-21-32-31(36)29(6-2)33(22-26-14-12-11-13-25(26)4)30(35)23-34(27-19-17-24(3)18-20-27)39(37,38)28-15-9-8-10-16-28/h8-20,29H,5-7,21-23H2,1-4H3,(H,32,36)/t29-/m0/s1. The fourth-order valence-corrected chi connectivity index (χ4v) is 5.79. The molecule has 0 aliphatic carbocycles. The number of benzene rings is 3. The van der Waals surface area contributed by atoms with Gasteiger partial charge in [-0.2, -0.15) is 0 Å². The molecule has 0 saturated heterocycles. The Labute approximate surface area is 232 Å². The van der Waals surface area contributed by atoms with Crippen LogP contribution in [0.2, 0.25) is 0 Å². The monoisotopic (exact) mass is 549 g/mol. The molecule has 8 heteroatoms. The molecule has 0 unspecified atom stereocenters. The largest absolute Gasteiger partial charge is 0.354 e. The number of nitrogens with zero attached hydrogens (tertiary/aromatic N) is 2. The molecule has 3 rings (SSSR count). The van der Waals surface area contributed by atoms with Crippen molar-refractivity contribution in [1.82, 2.24) is 10.2 Å². The number of rotatable bonds is 13. The van der Waals surface area contributed by atoms with Gasteiger partial charge in [0.1, 0.15) is 12.6 Å². The predicted molar refractivity (Wildman–Crippen MR) is 156 cm³/mol. The van der Waals surface area contributed by atoms with Crippen LogP contribution in [0.1, 0.15) is 49.8 Å². The number of anilines is 1. The lowest BCUT2D eigenvalue weighted by Gasteiger charge is -2.33. The third kappa shape index (κ3) is 7.69. The molecule has 2 amide bonds. The summed E-state index contributed by atoms with van der Waals surface area (Å²) in [5.74, 6) is -0.684. The van der Waals surface area contributed by atoms with E-state index in [0.717, 1.165) is 33.8 Å². The van der Waals surface area contributed by atoms with Crippen LogP contribution < -0.4 is 9.62 Å². The van der Waals surface area contributed by atoms with Gasteiger partial charge < -0.3 is 10.2 Å². The summed E-state index contributed by atoms with van der Waals surface area (Å²) in [6.45, 7) is 8.06. The summed E-state index contributed by atoms with van der Waals surface area (Å²) in [5.41, 5.74) is 3.24. The van der Waals surface area contributed by atoms with Crippen LogP contribution in [0.5, 0.6) is 0 Å². The Morgan fingerprint density at radius 1 is 0.872 bits per heavy atom. The van der Waals surface area contributed by atoms with Crippen LogP contribution in [-0.4, -0.2) is 44.3 Å². The molecule has 0 radical (unpaired) electrons. The summed E-state index contributed by atoms with van der Waals surface area (Å²) in [6.07, 6.45) is 2.17. The summed E-state index contributed by atoms with van der Waals surface area (Å²) >= 11 is 0. The normalized spacial score (nSPS) is 12.0. The van der Waals surface area contributed by atoms with Crippen molar-refractivity contribution in [3.05, 3.63) is 95.6 Å². The Bertz CT molecular complexity index is 1340. The van der Waals surface area contributed by atoms with E-state index in [1.807, 2.05) is 64.1 Å². The smallest absolute Gasteiger partial charge is 0.264 e. The number of carbonyl (C=O) groups is 2. The Morgan fingerprint density at radius 3 is 2.13 bits per heavy atom. The van der Waals surface area contributed by atoms with E-state index < -0.39 is 28.5 Å². The molecule has 39 heavy (non-hydrogen) atoms. The van der Waals surface area contributed by atoms with Crippen LogP contribution in [0.25, 0.3) is 0 Å². The average Bonchev–Trinajstić information content (AvgIpc) is 2.93. The van der Waals surface area contributed by atoms with Gasteiger partial charge in [0.25, 0.3) is 10.0 Å². The number of aryl methyl sites for hydroxylation is 2. The number of hydrogen-bond acceptors (Lipinski definition) is 4. The van der Waals surface area contributed by atoms with Crippen molar-refractivity contribution in [1.29, 1.82) is 0 Å². The van der Waals surface area contributed by atoms with E-state index in [9.17, 15) is 18.0 Å². The lowest BCUT2D eigenvalue weighted by Crippen LogP contribution is -2.52. The third-order valence-electron chi connectivity index (χ3n) is 6.75. The molecule has 1 atom stereocenters. The molecule has 208 valence electrons. The second kappa shape index (κ2) is 13.9. The minimum atomic E-state index is -4.06. The molecular weight excluding hydrogens is 510 g/mol. The van der Waals surface area contributed by atoms with Crippen LogP contribution in [0.4, 0.5) is 5.69 Å². The van der Waals surface area contributed by atoms with Gasteiger partial charge in [-0.3, -0.25) is 13.9 Å². The van der Waals surface area contributed by atoms with Crippen molar-refractivity contribution < 1.29 is 18.0 Å². The van der Waals surface area contributed by atoms with Crippen molar-refractivity contribution in [2.75, 3.05) is 17.4 Å². The quantitative estimate of drug-likeness (QED) is 0.296. The van der Waals surface area contributed by atoms with Crippen LogP contribution in [0, 0.1) is 13.8 Å². The van der Waals surface area contributed by atoms with Crippen LogP contribution >= 0.6 is 0 Å². The Morgan fingerprint density at radius 2 is 1.51 bits per heavy atom. The highest BCUT2D eigenvalue weighted by Crippen LogP contribution is 2.25. The molecule has 0 aromatic heterocycles. The zero-order valence-electron chi connectivity index (χ0n) is 23.3. The maximum atomic E-state index is 14.1. The highest BCUT2D eigenvalue weighted by Gasteiger charge is 2.33. The first-order chi connectivity index (χ1) is 18.7. The molecular formula is C31H39N3O4S. The Kier molecular flexibility index (Phi) is 10.7. The molecule has 0 aliphatic rings. The zero-order chi connectivity index (χ0) is 28.4. The van der Waals surface area contributed by atoms with Crippen LogP contribution in [0.15, 0.2) is 83.8 Å². The van der Waals surface area contributed by atoms with Gasteiger partial charge >= 0.3 is 0 Å². The summed E-state index contributed by atoms with van der Waals surface area (Å²) < 4.78 is 28.8. The molecule has 0 heterocycles. The fourth-order valence-electron chi connectivity index (χ4n) is 4.36. The highest BCUT2D eigenvalue weighted by atomic mass is 32.2. The predicted octanol–water partition coefficient (Wildman–Crippen LogP) is 5.22. The molecule has 1 N–H and O–H groups in total. The maximum absolute atomic E-state index is 14.1. The molecule has 0 bridgehead atoms. The van der Waals surface area contributed by atoms with E-state index in [0.29, 0.717) is 18.7 Å². The highest BCUT2D eigenvalue weighted by molar-refractivity contribution is 7.92. The minimum Gasteiger partial charge on any atom is -0.354 e. The van der Waals surface area contributed by atoms with E-state index in [1.165, 1.54) is 17.0 Å². The van der Waals surface area contributed by atoms with E-state index in [4.69, 9.17) is 0 Å². The molecule has 0 spiro atoms. The van der Waals surface area contributed by atoms with Crippen molar-refractivity contribution in [3.8, 4) is 0 Å². The first kappa shape index (κ1) is 29.9. The van der Waals surface area contributed by atoms with Gasteiger partial charge in [-0.25, -0.2) is 8.42 Å². The van der Waals surface area contributed by atoms with Crippen LogP contribution in [0.3, 0.4) is 0 Å². The number of carbonyl (C=O) groups excluding carboxylic acids is 2. The average molecular weight is 550 g/mol. The Hall–Kier alpha value is -3.65. The SMILES string of the molecule is CCCCNC(=O)[C@H](CC)N(Cc1ccccc1C)C(=O)CN(c1ccc(C)cc1)S(=O)(=O)c1ccccc1. The second-order valence-electron chi connectivity index (χ2n) is 9.68. The van der Waals surface area contributed by atoms with E-state index in [1.54, 1.807) is 30.3 Å². The van der Waals surface area contributed by atoms with Gasteiger partial charge in [-0.1, -0.05) is 80.4 Å². The second-order valence-corrected chi connectivity index (χ2v) is 11.5. The molecule has 3 aromatic rings. The lowest BCUT2D eigenvalue weighted by atomic mass is 10.1. The van der Waals surface area contributed by atoms with E-state index in [-0.39, 0.29) is 17.3 Å². The van der Waals surface area contributed by atoms with Gasteiger partial charge in [-0.15, -0.1) is 0 Å². The van der Waals surface area contributed by atoms with Crippen molar-refractivity contribution in [3.63, 3.8) is 0 Å². The number of amides is 2. The van der Waals surface area contributed by atoms with Gasteiger partial charge in [0.05, 0.1) is 10.6 Å². The molecule has 0 aliphatic heterocycles. The molecule has 7 nitrogen and oxygen atoms in total. The topological polar surface area (TPSA) is 86.8 Å². The first-order valence-electron chi connectivity index (χ1n) is 13.4. The molecule has 0 saturated carbocycles. The van der Waals surface area contributed by atoms with E-state index >= 15 is 0 Å². The van der Waals surface area contributed by atoms with Crippen molar-refractivity contribution in [2.45, 2.75) is 64.4 Å². The summed E-state index contributed by atoms with van der Waals surface area (Å²) in [5, 5.41) is 2.95. The zero-order valence-corrected chi connectivity index (χ0v) is 24.1. The number of unbranched alkanes of at least 4 members (excludes halogenated alkanes) is 1. The number of sulfonamides is 1. The summed E-state index contributed by atoms with van der Waals surface area (Å²) in [7, 11) is -4.06. The summed E-state index contributed by atoms with van der Waals surface area (Å²) in [6, 6.07) is 22.1. The minimum absolute atomic E-state index is 0.0909.